The molecule has 22 heavy (non-hydrogen) atoms. The summed E-state index contributed by atoms with van der Waals surface area (Å²) in [5.41, 5.74) is 4.59. The Morgan fingerprint density at radius 3 is 2.82 bits per heavy atom. The number of aliphatic hydroxyl groups excluding tert-OH is 1. The Hall–Kier alpha value is -2.10. The summed E-state index contributed by atoms with van der Waals surface area (Å²) < 4.78 is 5.35. The van der Waals surface area contributed by atoms with E-state index in [9.17, 15) is 5.11 Å². The number of benzene rings is 2. The van der Waals surface area contributed by atoms with Crippen LogP contribution in [0.15, 0.2) is 59.2 Å². The van der Waals surface area contributed by atoms with Crippen molar-refractivity contribution in [1.82, 2.24) is 5.32 Å². The lowest BCUT2D eigenvalue weighted by Gasteiger charge is -2.17. The molecule has 1 heterocycles. The van der Waals surface area contributed by atoms with Gasteiger partial charge in [0, 0.05) is 18.0 Å². The van der Waals surface area contributed by atoms with Gasteiger partial charge in [-0.3, -0.25) is 0 Å². The van der Waals surface area contributed by atoms with Crippen LogP contribution in [0.5, 0.6) is 0 Å². The van der Waals surface area contributed by atoms with Crippen molar-refractivity contribution in [1.29, 1.82) is 0 Å². The van der Waals surface area contributed by atoms with Gasteiger partial charge in [0.2, 0.25) is 0 Å². The van der Waals surface area contributed by atoms with Gasteiger partial charge in [-0.05, 0) is 42.7 Å². The Morgan fingerprint density at radius 2 is 2.00 bits per heavy atom. The van der Waals surface area contributed by atoms with Crippen LogP contribution in [0.4, 0.5) is 0 Å². The summed E-state index contributed by atoms with van der Waals surface area (Å²) in [6, 6.07) is 16.6. The van der Waals surface area contributed by atoms with Gasteiger partial charge < -0.3 is 14.8 Å². The van der Waals surface area contributed by atoms with Crippen LogP contribution in [0, 0.1) is 6.92 Å². The van der Waals surface area contributed by atoms with Crippen LogP contribution in [-0.2, 0) is 13.0 Å². The third-order valence-corrected chi connectivity index (χ3v) is 3.90. The monoisotopic (exact) mass is 295 g/mol. The SMILES string of the molecule is Cc1cccc(CC(CO)NCc2ccc3occc3c2)c1. The van der Waals surface area contributed by atoms with Gasteiger partial charge in [0.1, 0.15) is 5.58 Å². The van der Waals surface area contributed by atoms with Gasteiger partial charge in [0.25, 0.3) is 0 Å². The third kappa shape index (κ3) is 3.56. The van der Waals surface area contributed by atoms with Gasteiger partial charge in [0.05, 0.1) is 12.9 Å². The molecule has 3 nitrogen and oxygen atoms in total. The molecule has 2 N–H and O–H groups in total. The minimum absolute atomic E-state index is 0.0573. The Kier molecular flexibility index (Phi) is 4.56. The lowest BCUT2D eigenvalue weighted by molar-refractivity contribution is 0.241. The van der Waals surface area contributed by atoms with E-state index >= 15 is 0 Å². The fourth-order valence-electron chi connectivity index (χ4n) is 2.71. The third-order valence-electron chi connectivity index (χ3n) is 3.90. The predicted octanol–water partition coefficient (Wildman–Crippen LogP) is 3.43. The van der Waals surface area contributed by atoms with Crippen molar-refractivity contribution in [2.45, 2.75) is 25.9 Å². The number of hydrogen-bond acceptors (Lipinski definition) is 3. The minimum atomic E-state index is 0.0573. The molecule has 2 aromatic carbocycles. The largest absolute Gasteiger partial charge is 0.464 e. The maximum atomic E-state index is 9.60. The second-order valence-corrected chi connectivity index (χ2v) is 5.75. The molecule has 1 aromatic heterocycles. The summed E-state index contributed by atoms with van der Waals surface area (Å²) in [4.78, 5) is 0. The fraction of sp³-hybridized carbons (Fsp3) is 0.263. The van der Waals surface area contributed by atoms with Crippen LogP contribution < -0.4 is 5.32 Å². The van der Waals surface area contributed by atoms with Crippen molar-refractivity contribution in [3.05, 3.63) is 71.5 Å². The molecule has 1 unspecified atom stereocenters. The van der Waals surface area contributed by atoms with Crippen molar-refractivity contribution in [2.24, 2.45) is 0 Å². The number of aliphatic hydroxyl groups is 1. The maximum Gasteiger partial charge on any atom is 0.133 e. The Labute approximate surface area is 130 Å². The first-order chi connectivity index (χ1) is 10.7. The lowest BCUT2D eigenvalue weighted by atomic mass is 10.0. The molecular formula is C19H21NO2. The highest BCUT2D eigenvalue weighted by Crippen LogP contribution is 2.17. The maximum absolute atomic E-state index is 9.60. The molecule has 0 radical (unpaired) electrons. The van der Waals surface area contributed by atoms with E-state index in [4.69, 9.17) is 4.42 Å². The Bertz CT molecular complexity index is 748. The average molecular weight is 295 g/mol. The van der Waals surface area contributed by atoms with Crippen LogP contribution in [-0.4, -0.2) is 17.8 Å². The summed E-state index contributed by atoms with van der Waals surface area (Å²) in [7, 11) is 0. The molecule has 0 saturated heterocycles. The highest BCUT2D eigenvalue weighted by atomic mass is 16.3. The summed E-state index contributed by atoms with van der Waals surface area (Å²) in [6.07, 6.45) is 2.53. The van der Waals surface area contributed by atoms with E-state index in [-0.39, 0.29) is 12.6 Å². The van der Waals surface area contributed by atoms with Gasteiger partial charge in [-0.25, -0.2) is 0 Å². The summed E-state index contributed by atoms with van der Waals surface area (Å²) in [5.74, 6) is 0. The quantitative estimate of drug-likeness (QED) is 0.732. The second-order valence-electron chi connectivity index (χ2n) is 5.75. The zero-order valence-corrected chi connectivity index (χ0v) is 12.8. The molecule has 0 spiro atoms. The number of fused-ring (bicyclic) bond motifs is 1. The van der Waals surface area contributed by atoms with Gasteiger partial charge >= 0.3 is 0 Å². The normalized spacial score (nSPS) is 12.6. The van der Waals surface area contributed by atoms with Crippen molar-refractivity contribution in [2.75, 3.05) is 6.61 Å². The lowest BCUT2D eigenvalue weighted by Crippen LogP contribution is -2.34. The topological polar surface area (TPSA) is 45.4 Å². The first-order valence-electron chi connectivity index (χ1n) is 7.60. The molecule has 0 bridgehead atoms. The molecule has 0 aliphatic rings. The molecule has 1 atom stereocenters. The smallest absolute Gasteiger partial charge is 0.133 e. The summed E-state index contributed by atoms with van der Waals surface area (Å²) in [5, 5.41) is 14.1. The molecule has 3 rings (SSSR count). The molecule has 3 heteroatoms. The van der Waals surface area contributed by atoms with Gasteiger partial charge in [0.15, 0.2) is 0 Å². The van der Waals surface area contributed by atoms with Crippen LogP contribution >= 0.6 is 0 Å². The van der Waals surface area contributed by atoms with E-state index in [0.717, 1.165) is 23.9 Å². The number of aryl methyl sites for hydroxylation is 1. The van der Waals surface area contributed by atoms with Crippen molar-refractivity contribution in [3.63, 3.8) is 0 Å². The first kappa shape index (κ1) is 14.8. The molecule has 0 fully saturated rings. The Balaban J connectivity index is 1.62. The second kappa shape index (κ2) is 6.77. The number of rotatable bonds is 6. The van der Waals surface area contributed by atoms with E-state index in [2.05, 4.69) is 48.6 Å². The number of nitrogens with one attached hydrogen (secondary N) is 1. The molecule has 0 aliphatic carbocycles. The van der Waals surface area contributed by atoms with Crippen LogP contribution in [0.1, 0.15) is 16.7 Å². The van der Waals surface area contributed by atoms with Crippen molar-refractivity contribution in [3.8, 4) is 0 Å². The van der Waals surface area contributed by atoms with Crippen LogP contribution in [0.2, 0.25) is 0 Å². The average Bonchev–Trinajstić information content (AvgIpc) is 2.99. The standard InChI is InChI=1S/C19H21NO2/c1-14-3-2-4-15(9-14)11-18(13-21)20-12-16-5-6-19-17(10-16)7-8-22-19/h2-10,18,20-21H,11-13H2,1H3. The first-order valence-corrected chi connectivity index (χ1v) is 7.60. The molecule has 0 aliphatic heterocycles. The van der Waals surface area contributed by atoms with Crippen LogP contribution in [0.25, 0.3) is 11.0 Å². The highest BCUT2D eigenvalue weighted by Gasteiger charge is 2.08. The van der Waals surface area contributed by atoms with E-state index in [1.165, 1.54) is 16.7 Å². The number of furan rings is 1. The van der Waals surface area contributed by atoms with E-state index in [1.54, 1.807) is 6.26 Å². The molecule has 0 amide bonds. The zero-order chi connectivity index (χ0) is 15.4. The highest BCUT2D eigenvalue weighted by molar-refractivity contribution is 5.77. The minimum Gasteiger partial charge on any atom is -0.464 e. The van der Waals surface area contributed by atoms with E-state index in [1.807, 2.05) is 12.1 Å². The molecule has 3 aromatic rings. The number of hydrogen-bond donors (Lipinski definition) is 2. The van der Waals surface area contributed by atoms with E-state index < -0.39 is 0 Å². The van der Waals surface area contributed by atoms with Crippen LogP contribution in [0.3, 0.4) is 0 Å². The zero-order valence-electron chi connectivity index (χ0n) is 12.8. The van der Waals surface area contributed by atoms with Gasteiger partial charge in [-0.2, -0.15) is 0 Å². The fourth-order valence-corrected chi connectivity index (χ4v) is 2.71. The molecule has 0 saturated carbocycles. The van der Waals surface area contributed by atoms with Crippen molar-refractivity contribution >= 4 is 11.0 Å². The molecule has 114 valence electrons. The molecular weight excluding hydrogens is 274 g/mol. The predicted molar refractivity (Wildman–Crippen MR) is 88.8 cm³/mol. The summed E-state index contributed by atoms with van der Waals surface area (Å²) >= 11 is 0. The van der Waals surface area contributed by atoms with E-state index in [0.29, 0.717) is 0 Å². The van der Waals surface area contributed by atoms with Crippen molar-refractivity contribution < 1.29 is 9.52 Å². The van der Waals surface area contributed by atoms with Gasteiger partial charge in [-0.1, -0.05) is 35.9 Å². The summed E-state index contributed by atoms with van der Waals surface area (Å²) in [6.45, 7) is 2.95. The Morgan fingerprint density at radius 1 is 1.09 bits per heavy atom. The van der Waals surface area contributed by atoms with Gasteiger partial charge in [-0.15, -0.1) is 0 Å².